The molecule has 0 aliphatic carbocycles. The fourth-order valence-electron chi connectivity index (χ4n) is 5.42. The van der Waals surface area contributed by atoms with Gasteiger partial charge in [-0.3, -0.25) is 14.6 Å². The molecule has 2 heterocycles. The van der Waals surface area contributed by atoms with Crippen LogP contribution in [0, 0.1) is 0 Å². The highest BCUT2D eigenvalue weighted by Gasteiger charge is 2.34. The van der Waals surface area contributed by atoms with Crippen LogP contribution >= 0.6 is 0 Å². The second kappa shape index (κ2) is 8.72. The normalized spacial score (nSPS) is 18.6. The topological polar surface area (TPSA) is 60.5 Å². The molecule has 1 fully saturated rings. The molecule has 0 spiro atoms. The number of carbonyl (C=O) groups excluding carboxylic acids is 1. The van der Waals surface area contributed by atoms with Gasteiger partial charge in [-0.1, -0.05) is 6.07 Å². The standard InChI is InChI=1S/C26H30N2O5/c1-30-17-5-6-18-20(10-17)22-12-25(32-3)24(31-2)11-21(22)19-9-16-13-27(15-26(29)33-4)7-8-28(16)14-23(18)19/h5-6,10-12,16H,7-9,13-15H2,1-4H3/t16-/m0/s1. The van der Waals surface area contributed by atoms with E-state index >= 15 is 0 Å². The number of rotatable bonds is 5. The van der Waals surface area contributed by atoms with Crippen molar-refractivity contribution in [1.29, 1.82) is 0 Å². The Labute approximate surface area is 193 Å². The number of benzene rings is 3. The number of ether oxygens (including phenoxy) is 4. The van der Waals surface area contributed by atoms with Crippen molar-refractivity contribution in [3.8, 4) is 17.2 Å². The van der Waals surface area contributed by atoms with Gasteiger partial charge in [0.15, 0.2) is 11.5 Å². The van der Waals surface area contributed by atoms with Crippen molar-refractivity contribution in [1.82, 2.24) is 9.80 Å². The van der Waals surface area contributed by atoms with Gasteiger partial charge in [-0.25, -0.2) is 0 Å². The quantitative estimate of drug-likeness (QED) is 0.437. The summed E-state index contributed by atoms with van der Waals surface area (Å²) in [6, 6.07) is 10.9. The van der Waals surface area contributed by atoms with Gasteiger partial charge < -0.3 is 18.9 Å². The second-order valence-corrected chi connectivity index (χ2v) is 8.76. The molecule has 7 nitrogen and oxygen atoms in total. The Balaban J connectivity index is 1.66. The lowest BCUT2D eigenvalue weighted by Crippen LogP contribution is -2.56. The van der Waals surface area contributed by atoms with Crippen LogP contribution in [0.2, 0.25) is 0 Å². The molecule has 5 rings (SSSR count). The minimum absolute atomic E-state index is 0.179. The van der Waals surface area contributed by atoms with Gasteiger partial charge in [0.05, 0.1) is 35.0 Å². The highest BCUT2D eigenvalue weighted by atomic mass is 16.5. The summed E-state index contributed by atoms with van der Waals surface area (Å²) in [5.41, 5.74) is 2.72. The molecule has 7 heteroatoms. The maximum Gasteiger partial charge on any atom is 0.319 e. The third kappa shape index (κ3) is 3.75. The fourth-order valence-corrected chi connectivity index (χ4v) is 5.42. The van der Waals surface area contributed by atoms with Gasteiger partial charge in [-0.2, -0.15) is 0 Å². The van der Waals surface area contributed by atoms with E-state index in [9.17, 15) is 4.79 Å². The number of hydrogen-bond donors (Lipinski definition) is 0. The molecule has 0 bridgehead atoms. The SMILES string of the molecule is COC(=O)CN1CCN2Cc3c(c4cc(OC)c(OC)cc4c4cc(OC)ccc34)C[C@H]2C1. The predicted octanol–water partition coefficient (Wildman–Crippen LogP) is 3.23. The van der Waals surface area contributed by atoms with Crippen molar-refractivity contribution in [2.24, 2.45) is 0 Å². The molecule has 1 saturated heterocycles. The largest absolute Gasteiger partial charge is 0.497 e. The number of fused-ring (bicyclic) bond motifs is 7. The molecule has 174 valence electrons. The first-order valence-corrected chi connectivity index (χ1v) is 11.3. The summed E-state index contributed by atoms with van der Waals surface area (Å²) >= 11 is 0. The maximum atomic E-state index is 11.8. The zero-order valence-electron chi connectivity index (χ0n) is 19.6. The Bertz CT molecular complexity index is 1220. The number of piperazine rings is 1. The molecule has 2 aliphatic rings. The molecule has 1 atom stereocenters. The van der Waals surface area contributed by atoms with Gasteiger partial charge in [0.1, 0.15) is 5.75 Å². The monoisotopic (exact) mass is 450 g/mol. The molecule has 0 radical (unpaired) electrons. The first kappa shape index (κ1) is 21.8. The van der Waals surface area contributed by atoms with E-state index in [4.69, 9.17) is 18.9 Å². The number of esters is 1. The van der Waals surface area contributed by atoms with Crippen molar-refractivity contribution in [2.45, 2.75) is 19.0 Å². The van der Waals surface area contributed by atoms with E-state index in [0.29, 0.717) is 18.3 Å². The Kier molecular flexibility index (Phi) is 5.76. The fraction of sp³-hybridized carbons (Fsp3) is 0.423. The third-order valence-corrected chi connectivity index (χ3v) is 7.13. The van der Waals surface area contributed by atoms with Crippen LogP contribution in [0.25, 0.3) is 21.5 Å². The lowest BCUT2D eigenvalue weighted by molar-refractivity contribution is -0.142. The summed E-state index contributed by atoms with van der Waals surface area (Å²) in [5.74, 6) is 2.10. The Morgan fingerprint density at radius 2 is 1.61 bits per heavy atom. The molecular weight excluding hydrogens is 420 g/mol. The van der Waals surface area contributed by atoms with E-state index in [0.717, 1.165) is 54.9 Å². The van der Waals surface area contributed by atoms with Crippen LogP contribution in [0.5, 0.6) is 17.2 Å². The summed E-state index contributed by atoms with van der Waals surface area (Å²) in [6.45, 7) is 3.88. The van der Waals surface area contributed by atoms with E-state index in [2.05, 4.69) is 34.1 Å². The van der Waals surface area contributed by atoms with Crippen LogP contribution in [0.15, 0.2) is 30.3 Å². The zero-order chi connectivity index (χ0) is 23.1. The Hall–Kier alpha value is -3.03. The Morgan fingerprint density at radius 1 is 0.879 bits per heavy atom. The van der Waals surface area contributed by atoms with Crippen molar-refractivity contribution >= 4 is 27.5 Å². The van der Waals surface area contributed by atoms with Crippen LogP contribution in [-0.4, -0.2) is 76.4 Å². The molecule has 3 aromatic carbocycles. The average molecular weight is 451 g/mol. The minimum Gasteiger partial charge on any atom is -0.497 e. The van der Waals surface area contributed by atoms with Crippen LogP contribution in [0.4, 0.5) is 0 Å². The number of hydrogen-bond acceptors (Lipinski definition) is 7. The summed E-state index contributed by atoms with van der Waals surface area (Å²) in [6.07, 6.45) is 0.918. The minimum atomic E-state index is -0.179. The van der Waals surface area contributed by atoms with Crippen molar-refractivity contribution in [2.75, 3.05) is 54.6 Å². The first-order chi connectivity index (χ1) is 16.1. The van der Waals surface area contributed by atoms with E-state index < -0.39 is 0 Å². The molecule has 0 aromatic heterocycles. The maximum absolute atomic E-state index is 11.8. The zero-order valence-corrected chi connectivity index (χ0v) is 19.6. The third-order valence-electron chi connectivity index (χ3n) is 7.13. The van der Waals surface area contributed by atoms with Gasteiger partial charge in [0.25, 0.3) is 0 Å². The number of carbonyl (C=O) groups is 1. The molecule has 0 saturated carbocycles. The van der Waals surface area contributed by atoms with E-state index in [-0.39, 0.29) is 5.97 Å². The molecule has 0 unspecified atom stereocenters. The Morgan fingerprint density at radius 3 is 2.30 bits per heavy atom. The van der Waals surface area contributed by atoms with Crippen molar-refractivity contribution < 1.29 is 23.7 Å². The van der Waals surface area contributed by atoms with Gasteiger partial charge in [-0.05, 0) is 63.4 Å². The van der Waals surface area contributed by atoms with E-state index in [1.165, 1.54) is 29.0 Å². The van der Waals surface area contributed by atoms with Crippen LogP contribution in [0.1, 0.15) is 11.1 Å². The molecule has 33 heavy (non-hydrogen) atoms. The van der Waals surface area contributed by atoms with Gasteiger partial charge in [-0.15, -0.1) is 0 Å². The van der Waals surface area contributed by atoms with Crippen LogP contribution in [-0.2, 0) is 22.5 Å². The number of methoxy groups -OCH3 is 4. The summed E-state index contributed by atoms with van der Waals surface area (Å²) in [4.78, 5) is 16.6. The van der Waals surface area contributed by atoms with Crippen LogP contribution in [0.3, 0.4) is 0 Å². The van der Waals surface area contributed by atoms with E-state index in [1.807, 2.05) is 6.07 Å². The lowest BCUT2D eigenvalue weighted by Gasteiger charge is -2.45. The van der Waals surface area contributed by atoms with Crippen molar-refractivity contribution in [3.63, 3.8) is 0 Å². The van der Waals surface area contributed by atoms with Crippen LogP contribution < -0.4 is 14.2 Å². The van der Waals surface area contributed by atoms with Crippen molar-refractivity contribution in [3.05, 3.63) is 41.5 Å². The predicted molar refractivity (Wildman–Crippen MR) is 127 cm³/mol. The summed E-state index contributed by atoms with van der Waals surface area (Å²) in [7, 11) is 6.49. The highest BCUT2D eigenvalue weighted by molar-refractivity contribution is 6.12. The molecule has 0 amide bonds. The highest BCUT2D eigenvalue weighted by Crippen LogP contribution is 2.43. The van der Waals surface area contributed by atoms with E-state index in [1.54, 1.807) is 21.3 Å². The van der Waals surface area contributed by atoms with Gasteiger partial charge >= 0.3 is 5.97 Å². The average Bonchev–Trinajstić information content (AvgIpc) is 2.86. The lowest BCUT2D eigenvalue weighted by atomic mass is 9.84. The molecule has 2 aliphatic heterocycles. The number of nitrogens with zero attached hydrogens (tertiary/aromatic N) is 2. The second-order valence-electron chi connectivity index (χ2n) is 8.76. The van der Waals surface area contributed by atoms with Gasteiger partial charge in [0, 0.05) is 32.2 Å². The molecule has 0 N–H and O–H groups in total. The molecule has 3 aromatic rings. The first-order valence-electron chi connectivity index (χ1n) is 11.3. The summed E-state index contributed by atoms with van der Waals surface area (Å²) in [5, 5.41) is 4.73. The summed E-state index contributed by atoms with van der Waals surface area (Å²) < 4.78 is 21.7. The van der Waals surface area contributed by atoms with Gasteiger partial charge in [0.2, 0.25) is 0 Å². The molecular formula is C26H30N2O5. The smallest absolute Gasteiger partial charge is 0.319 e.